The van der Waals surface area contributed by atoms with Crippen molar-refractivity contribution < 1.29 is 4.39 Å². The summed E-state index contributed by atoms with van der Waals surface area (Å²) in [5.41, 5.74) is -0.763. The summed E-state index contributed by atoms with van der Waals surface area (Å²) in [5, 5.41) is 3.47. The van der Waals surface area contributed by atoms with Crippen LogP contribution in [0.3, 0.4) is 0 Å². The lowest BCUT2D eigenvalue weighted by molar-refractivity contribution is 0.190. The number of halogens is 2. The van der Waals surface area contributed by atoms with Gasteiger partial charge in [0.2, 0.25) is 0 Å². The lowest BCUT2D eigenvalue weighted by atomic mass is 9.98. The van der Waals surface area contributed by atoms with E-state index in [9.17, 15) is 4.39 Å². The van der Waals surface area contributed by atoms with Crippen LogP contribution in [-0.4, -0.2) is 19.3 Å². The van der Waals surface area contributed by atoms with Crippen LogP contribution >= 0.6 is 23.4 Å². The molecule has 1 nitrogen and oxygen atoms in total. The Kier molecular flexibility index (Phi) is 5.09. The third-order valence-corrected chi connectivity index (χ3v) is 3.72. The molecule has 0 aromatic heterocycles. The highest BCUT2D eigenvalue weighted by Crippen LogP contribution is 2.32. The Morgan fingerprint density at radius 3 is 2.69 bits per heavy atom. The number of thioether (sulfide) groups is 1. The fraction of sp³-hybridized carbons (Fsp3) is 0.500. The quantitative estimate of drug-likeness (QED) is 0.808. The van der Waals surface area contributed by atoms with Gasteiger partial charge in [0.05, 0.1) is 5.02 Å². The lowest BCUT2D eigenvalue weighted by Gasteiger charge is -2.21. The van der Waals surface area contributed by atoms with Gasteiger partial charge < -0.3 is 5.32 Å². The second kappa shape index (κ2) is 5.89. The Morgan fingerprint density at radius 2 is 2.19 bits per heavy atom. The smallest absolute Gasteiger partial charge is 0.145 e. The van der Waals surface area contributed by atoms with Crippen LogP contribution in [0.4, 0.5) is 4.39 Å². The number of alkyl halides is 1. The molecule has 0 heterocycles. The van der Waals surface area contributed by atoms with Crippen molar-refractivity contribution in [3.63, 3.8) is 0 Å². The van der Waals surface area contributed by atoms with Crippen molar-refractivity contribution >= 4 is 23.4 Å². The van der Waals surface area contributed by atoms with Gasteiger partial charge in [-0.15, -0.1) is 11.8 Å². The van der Waals surface area contributed by atoms with Gasteiger partial charge in [-0.05, 0) is 37.4 Å². The zero-order valence-electron chi connectivity index (χ0n) is 9.81. The molecule has 0 spiro atoms. The predicted molar refractivity (Wildman–Crippen MR) is 70.2 cm³/mol. The Bertz CT molecular complexity index is 355. The number of hydrogen-bond acceptors (Lipinski definition) is 2. The van der Waals surface area contributed by atoms with Crippen molar-refractivity contribution in [3.05, 3.63) is 28.8 Å². The zero-order chi connectivity index (χ0) is 12.2. The normalized spacial score (nSPS) is 14.8. The molecule has 90 valence electrons. The van der Waals surface area contributed by atoms with E-state index >= 15 is 0 Å². The maximum absolute atomic E-state index is 14.2. The minimum Gasteiger partial charge on any atom is -0.316 e. The molecule has 0 aliphatic carbocycles. The van der Waals surface area contributed by atoms with Gasteiger partial charge in [-0.3, -0.25) is 0 Å². The topological polar surface area (TPSA) is 12.0 Å². The number of rotatable bonds is 5. The minimum atomic E-state index is -1.38. The largest absolute Gasteiger partial charge is 0.316 e. The molecule has 1 aromatic carbocycles. The molecule has 4 heteroatoms. The molecule has 0 radical (unpaired) electrons. The third-order valence-electron chi connectivity index (χ3n) is 2.34. The first-order valence-corrected chi connectivity index (χ1v) is 6.64. The summed E-state index contributed by atoms with van der Waals surface area (Å²) in [6.45, 7) is 3.90. The standard InChI is InChI=1S/C12H17ClFNS/c1-4-16-11-6-5-9(7-10(11)13)12(2,14)8-15-3/h5-7,15H,4,8H2,1-3H3. The molecule has 16 heavy (non-hydrogen) atoms. The Labute approximate surface area is 106 Å². The van der Waals surface area contributed by atoms with E-state index in [1.54, 1.807) is 37.9 Å². The summed E-state index contributed by atoms with van der Waals surface area (Å²) in [7, 11) is 1.74. The molecule has 1 aromatic rings. The summed E-state index contributed by atoms with van der Waals surface area (Å²) in [5.74, 6) is 0.961. The van der Waals surface area contributed by atoms with Crippen LogP contribution in [0, 0.1) is 0 Å². The van der Waals surface area contributed by atoms with E-state index < -0.39 is 5.67 Å². The van der Waals surface area contributed by atoms with Gasteiger partial charge in [-0.25, -0.2) is 4.39 Å². The molecule has 1 unspecified atom stereocenters. The first-order valence-electron chi connectivity index (χ1n) is 5.27. The SMILES string of the molecule is CCSc1ccc(C(C)(F)CNC)cc1Cl. The van der Waals surface area contributed by atoms with Crippen LogP contribution in [0.2, 0.25) is 5.02 Å². The van der Waals surface area contributed by atoms with Crippen molar-refractivity contribution in [1.29, 1.82) is 0 Å². The molecule has 0 amide bonds. The molecule has 0 aliphatic heterocycles. The van der Waals surface area contributed by atoms with Gasteiger partial charge >= 0.3 is 0 Å². The van der Waals surface area contributed by atoms with Crippen molar-refractivity contribution in [2.75, 3.05) is 19.3 Å². The fourth-order valence-corrected chi connectivity index (χ4v) is 2.55. The third kappa shape index (κ3) is 3.37. The highest BCUT2D eigenvalue weighted by Gasteiger charge is 2.25. The minimum absolute atomic E-state index is 0.281. The maximum Gasteiger partial charge on any atom is 0.145 e. The summed E-state index contributed by atoms with van der Waals surface area (Å²) < 4.78 is 14.2. The van der Waals surface area contributed by atoms with Crippen molar-refractivity contribution in [3.8, 4) is 0 Å². The second-order valence-corrected chi connectivity index (χ2v) is 5.52. The monoisotopic (exact) mass is 261 g/mol. The highest BCUT2D eigenvalue weighted by atomic mass is 35.5. The molecule has 0 saturated heterocycles. The predicted octanol–water partition coefficient (Wildman–Crippen LogP) is 3.86. The fourth-order valence-electron chi connectivity index (χ4n) is 1.53. The number of nitrogens with one attached hydrogen (secondary N) is 1. The van der Waals surface area contributed by atoms with Gasteiger partial charge in [0.15, 0.2) is 0 Å². The molecule has 1 rings (SSSR count). The van der Waals surface area contributed by atoms with E-state index in [0.717, 1.165) is 10.6 Å². The van der Waals surface area contributed by atoms with E-state index in [-0.39, 0.29) is 6.54 Å². The van der Waals surface area contributed by atoms with Crippen LogP contribution in [0.5, 0.6) is 0 Å². The van der Waals surface area contributed by atoms with E-state index in [0.29, 0.717) is 10.6 Å². The molecular weight excluding hydrogens is 245 g/mol. The summed E-state index contributed by atoms with van der Waals surface area (Å²) in [4.78, 5) is 1.01. The summed E-state index contributed by atoms with van der Waals surface area (Å²) in [6.07, 6.45) is 0. The Hall–Kier alpha value is -0.250. The van der Waals surface area contributed by atoms with E-state index in [2.05, 4.69) is 12.2 Å². The zero-order valence-corrected chi connectivity index (χ0v) is 11.4. The van der Waals surface area contributed by atoms with Crippen molar-refractivity contribution in [2.45, 2.75) is 24.4 Å². The number of hydrogen-bond donors (Lipinski definition) is 1. The van der Waals surface area contributed by atoms with Crippen LogP contribution in [-0.2, 0) is 5.67 Å². The van der Waals surface area contributed by atoms with Gasteiger partial charge in [0, 0.05) is 11.4 Å². The van der Waals surface area contributed by atoms with Crippen LogP contribution in [0.25, 0.3) is 0 Å². The molecule has 0 bridgehead atoms. The average Bonchev–Trinajstić information content (AvgIpc) is 2.21. The number of likely N-dealkylation sites (N-methyl/N-ethyl adjacent to an activating group) is 1. The van der Waals surface area contributed by atoms with E-state index in [4.69, 9.17) is 11.6 Å². The van der Waals surface area contributed by atoms with E-state index in [1.807, 2.05) is 6.07 Å². The molecule has 0 fully saturated rings. The lowest BCUT2D eigenvalue weighted by Crippen LogP contribution is -2.29. The van der Waals surface area contributed by atoms with Gasteiger partial charge in [-0.2, -0.15) is 0 Å². The molecular formula is C12H17ClFNS. The van der Waals surface area contributed by atoms with Crippen LogP contribution < -0.4 is 5.32 Å². The van der Waals surface area contributed by atoms with Crippen molar-refractivity contribution in [1.82, 2.24) is 5.32 Å². The molecule has 1 atom stereocenters. The molecule has 1 N–H and O–H groups in total. The van der Waals surface area contributed by atoms with Gasteiger partial charge in [-0.1, -0.05) is 24.6 Å². The Balaban J connectivity index is 2.96. The average molecular weight is 262 g/mol. The highest BCUT2D eigenvalue weighted by molar-refractivity contribution is 7.99. The van der Waals surface area contributed by atoms with Crippen LogP contribution in [0.15, 0.2) is 23.1 Å². The second-order valence-electron chi connectivity index (χ2n) is 3.81. The van der Waals surface area contributed by atoms with Gasteiger partial charge in [0.1, 0.15) is 5.67 Å². The molecule has 0 aliphatic rings. The van der Waals surface area contributed by atoms with Gasteiger partial charge in [0.25, 0.3) is 0 Å². The Morgan fingerprint density at radius 1 is 1.50 bits per heavy atom. The first kappa shape index (κ1) is 13.8. The number of benzene rings is 1. The summed E-state index contributed by atoms with van der Waals surface area (Å²) in [6, 6.07) is 5.41. The molecule has 0 saturated carbocycles. The van der Waals surface area contributed by atoms with E-state index in [1.165, 1.54) is 0 Å². The van der Waals surface area contributed by atoms with Crippen molar-refractivity contribution in [2.24, 2.45) is 0 Å². The summed E-state index contributed by atoms with van der Waals surface area (Å²) >= 11 is 7.77. The first-order chi connectivity index (χ1) is 7.51. The maximum atomic E-state index is 14.2. The van der Waals surface area contributed by atoms with Crippen LogP contribution in [0.1, 0.15) is 19.4 Å².